The number of rotatable bonds is 5. The number of aliphatic hydroxyl groups is 1. The Kier molecular flexibility index (Phi) is 5.42. The van der Waals surface area contributed by atoms with Crippen molar-refractivity contribution >= 4 is 6.03 Å². The number of amides is 2. The molecule has 2 N–H and O–H groups in total. The van der Waals surface area contributed by atoms with Crippen LogP contribution in [0.25, 0.3) is 0 Å². The van der Waals surface area contributed by atoms with Crippen molar-refractivity contribution in [1.82, 2.24) is 10.2 Å². The topological polar surface area (TPSA) is 65.7 Å². The Morgan fingerprint density at radius 2 is 2.11 bits per heavy atom. The minimum Gasteiger partial charge on any atom is -0.466 e. The molecule has 0 saturated carbocycles. The molecular weight excluding hydrogens is 244 g/mol. The zero-order chi connectivity index (χ0) is 14.6. The number of hydrogen-bond donors (Lipinski definition) is 2. The standard InChI is InChI=1S/C14H24N2O3/c1-9(17)6-7-16(5)14(18)15-11(3)13-8-10(2)19-12(13)4/h8-9,11,17H,6-7H2,1-5H3,(H,15,18). The van der Waals surface area contributed by atoms with Crippen molar-refractivity contribution in [3.05, 3.63) is 23.2 Å². The fourth-order valence-electron chi connectivity index (χ4n) is 1.94. The molecule has 1 rings (SSSR count). The second-order valence-corrected chi connectivity index (χ2v) is 5.10. The third-order valence-corrected chi connectivity index (χ3v) is 3.11. The SMILES string of the molecule is Cc1cc(C(C)NC(=O)N(C)CCC(C)O)c(C)o1. The summed E-state index contributed by atoms with van der Waals surface area (Å²) in [5.41, 5.74) is 0.995. The van der Waals surface area contributed by atoms with E-state index in [4.69, 9.17) is 4.42 Å². The fourth-order valence-corrected chi connectivity index (χ4v) is 1.94. The van der Waals surface area contributed by atoms with Gasteiger partial charge in [0.2, 0.25) is 0 Å². The van der Waals surface area contributed by atoms with Gasteiger partial charge in [0, 0.05) is 19.2 Å². The van der Waals surface area contributed by atoms with Crippen LogP contribution < -0.4 is 5.32 Å². The molecule has 5 heteroatoms. The van der Waals surface area contributed by atoms with E-state index in [0.29, 0.717) is 13.0 Å². The van der Waals surface area contributed by atoms with Gasteiger partial charge < -0.3 is 19.7 Å². The van der Waals surface area contributed by atoms with Crippen LogP contribution in [0.5, 0.6) is 0 Å². The van der Waals surface area contributed by atoms with Gasteiger partial charge in [-0.3, -0.25) is 0 Å². The first-order valence-corrected chi connectivity index (χ1v) is 6.58. The molecule has 1 heterocycles. The lowest BCUT2D eigenvalue weighted by Gasteiger charge is -2.21. The summed E-state index contributed by atoms with van der Waals surface area (Å²) in [6.07, 6.45) is 0.175. The smallest absolute Gasteiger partial charge is 0.317 e. The lowest BCUT2D eigenvalue weighted by molar-refractivity contribution is 0.162. The highest BCUT2D eigenvalue weighted by atomic mass is 16.3. The Hall–Kier alpha value is -1.49. The summed E-state index contributed by atoms with van der Waals surface area (Å²) in [5, 5.41) is 12.1. The first kappa shape index (κ1) is 15.6. The maximum Gasteiger partial charge on any atom is 0.317 e. The number of aliphatic hydroxyl groups excluding tert-OH is 1. The number of carbonyl (C=O) groups excluding carboxylic acids is 1. The zero-order valence-corrected chi connectivity index (χ0v) is 12.4. The number of urea groups is 1. The molecule has 0 bridgehead atoms. The van der Waals surface area contributed by atoms with E-state index in [1.54, 1.807) is 18.9 Å². The van der Waals surface area contributed by atoms with Crippen LogP contribution in [0.4, 0.5) is 4.79 Å². The Morgan fingerprint density at radius 1 is 1.47 bits per heavy atom. The molecule has 0 spiro atoms. The summed E-state index contributed by atoms with van der Waals surface area (Å²) in [7, 11) is 1.72. The molecule has 0 aliphatic heterocycles. The Morgan fingerprint density at radius 3 is 2.58 bits per heavy atom. The third-order valence-electron chi connectivity index (χ3n) is 3.11. The molecule has 0 radical (unpaired) electrons. The van der Waals surface area contributed by atoms with Crippen LogP contribution in [0.2, 0.25) is 0 Å². The van der Waals surface area contributed by atoms with E-state index >= 15 is 0 Å². The maximum absolute atomic E-state index is 12.0. The summed E-state index contributed by atoms with van der Waals surface area (Å²) >= 11 is 0. The van der Waals surface area contributed by atoms with E-state index in [-0.39, 0.29) is 12.1 Å². The molecule has 108 valence electrons. The molecule has 0 saturated heterocycles. The highest BCUT2D eigenvalue weighted by Gasteiger charge is 2.17. The average Bonchev–Trinajstić information content (AvgIpc) is 2.65. The van der Waals surface area contributed by atoms with Gasteiger partial charge in [0.25, 0.3) is 0 Å². The zero-order valence-electron chi connectivity index (χ0n) is 12.4. The normalized spacial score (nSPS) is 14.0. The van der Waals surface area contributed by atoms with Crippen LogP contribution in [0.15, 0.2) is 10.5 Å². The van der Waals surface area contributed by atoms with Crippen molar-refractivity contribution in [3.63, 3.8) is 0 Å². The predicted octanol–water partition coefficient (Wildman–Crippen LogP) is 2.37. The van der Waals surface area contributed by atoms with Gasteiger partial charge in [-0.2, -0.15) is 0 Å². The Bertz CT molecular complexity index is 426. The summed E-state index contributed by atoms with van der Waals surface area (Å²) in [5.74, 6) is 1.67. The number of furan rings is 1. The van der Waals surface area contributed by atoms with Crippen molar-refractivity contribution in [2.24, 2.45) is 0 Å². The van der Waals surface area contributed by atoms with Gasteiger partial charge >= 0.3 is 6.03 Å². The van der Waals surface area contributed by atoms with Crippen molar-refractivity contribution in [3.8, 4) is 0 Å². The summed E-state index contributed by atoms with van der Waals surface area (Å²) in [6, 6.07) is 1.70. The number of nitrogens with one attached hydrogen (secondary N) is 1. The Balaban J connectivity index is 2.54. The minimum absolute atomic E-state index is 0.0982. The van der Waals surface area contributed by atoms with Gasteiger partial charge in [-0.25, -0.2) is 4.79 Å². The summed E-state index contributed by atoms with van der Waals surface area (Å²) in [4.78, 5) is 13.5. The van der Waals surface area contributed by atoms with E-state index in [1.165, 1.54) is 0 Å². The fraction of sp³-hybridized carbons (Fsp3) is 0.643. The largest absolute Gasteiger partial charge is 0.466 e. The van der Waals surface area contributed by atoms with Crippen molar-refractivity contribution in [2.45, 2.75) is 46.3 Å². The first-order chi connectivity index (χ1) is 8.81. The lowest BCUT2D eigenvalue weighted by atomic mass is 10.1. The van der Waals surface area contributed by atoms with Gasteiger partial charge in [0.05, 0.1) is 12.1 Å². The third kappa shape index (κ3) is 4.59. The molecular formula is C14H24N2O3. The number of nitrogens with zero attached hydrogens (tertiary/aromatic N) is 1. The summed E-state index contributed by atoms with van der Waals surface area (Å²) < 4.78 is 5.46. The number of hydrogen-bond acceptors (Lipinski definition) is 3. The van der Waals surface area contributed by atoms with Gasteiger partial charge in [0.1, 0.15) is 11.5 Å². The molecule has 1 aromatic heterocycles. The molecule has 0 fully saturated rings. The molecule has 1 aromatic rings. The molecule has 5 nitrogen and oxygen atoms in total. The van der Waals surface area contributed by atoms with Crippen molar-refractivity contribution in [2.75, 3.05) is 13.6 Å². The van der Waals surface area contributed by atoms with E-state index in [0.717, 1.165) is 17.1 Å². The van der Waals surface area contributed by atoms with Crippen LogP contribution in [0, 0.1) is 13.8 Å². The van der Waals surface area contributed by atoms with Crippen LogP contribution in [-0.2, 0) is 0 Å². The summed E-state index contributed by atoms with van der Waals surface area (Å²) in [6.45, 7) is 7.95. The molecule has 2 atom stereocenters. The van der Waals surface area contributed by atoms with Crippen LogP contribution >= 0.6 is 0 Å². The molecule has 2 unspecified atom stereocenters. The molecule has 2 amide bonds. The second kappa shape index (κ2) is 6.61. The molecule has 19 heavy (non-hydrogen) atoms. The highest BCUT2D eigenvalue weighted by molar-refractivity contribution is 5.74. The number of carbonyl (C=O) groups is 1. The van der Waals surface area contributed by atoms with Crippen LogP contribution in [0.1, 0.15) is 43.4 Å². The monoisotopic (exact) mass is 268 g/mol. The van der Waals surface area contributed by atoms with Gasteiger partial charge in [0.15, 0.2) is 0 Å². The highest BCUT2D eigenvalue weighted by Crippen LogP contribution is 2.21. The van der Waals surface area contributed by atoms with E-state index in [9.17, 15) is 9.90 Å². The number of aryl methyl sites for hydroxylation is 2. The Labute approximate surface area is 114 Å². The average molecular weight is 268 g/mol. The minimum atomic E-state index is -0.397. The molecule has 0 aromatic carbocycles. The van der Waals surface area contributed by atoms with Crippen LogP contribution in [-0.4, -0.2) is 35.7 Å². The van der Waals surface area contributed by atoms with Gasteiger partial charge in [-0.05, 0) is 40.2 Å². The van der Waals surface area contributed by atoms with Gasteiger partial charge in [-0.1, -0.05) is 0 Å². The first-order valence-electron chi connectivity index (χ1n) is 6.58. The van der Waals surface area contributed by atoms with Gasteiger partial charge in [-0.15, -0.1) is 0 Å². The molecule has 0 aliphatic carbocycles. The maximum atomic E-state index is 12.0. The van der Waals surface area contributed by atoms with E-state index in [2.05, 4.69) is 5.32 Å². The second-order valence-electron chi connectivity index (χ2n) is 5.10. The van der Waals surface area contributed by atoms with Crippen LogP contribution in [0.3, 0.4) is 0 Å². The van der Waals surface area contributed by atoms with E-state index in [1.807, 2.05) is 26.8 Å². The van der Waals surface area contributed by atoms with Crippen molar-refractivity contribution < 1.29 is 14.3 Å². The lowest BCUT2D eigenvalue weighted by Crippen LogP contribution is -2.39. The van der Waals surface area contributed by atoms with Crippen molar-refractivity contribution in [1.29, 1.82) is 0 Å². The quantitative estimate of drug-likeness (QED) is 0.861. The van der Waals surface area contributed by atoms with E-state index < -0.39 is 6.10 Å². The predicted molar refractivity (Wildman–Crippen MR) is 74.1 cm³/mol. The molecule has 0 aliphatic rings.